The Bertz CT molecular complexity index is 858. The van der Waals surface area contributed by atoms with Crippen molar-refractivity contribution in [1.82, 2.24) is 0 Å². The third kappa shape index (κ3) is 5.84. The summed E-state index contributed by atoms with van der Waals surface area (Å²) in [5.74, 6) is -2.45. The Morgan fingerprint density at radius 1 is 1.31 bits per heavy atom. The van der Waals surface area contributed by atoms with Gasteiger partial charge >= 0.3 is 5.97 Å². The van der Waals surface area contributed by atoms with Crippen LogP contribution in [0, 0.1) is 5.92 Å². The fraction of sp³-hybridized carbons (Fsp3) is 0.300. The minimum Gasteiger partial charge on any atom is -0.511 e. The van der Waals surface area contributed by atoms with E-state index in [1.54, 1.807) is 0 Å². The lowest BCUT2D eigenvalue weighted by Crippen LogP contribution is -2.31. The molecule has 0 fully saturated rings. The Morgan fingerprint density at radius 2 is 2.03 bits per heavy atom. The third-order valence-electron chi connectivity index (χ3n) is 4.27. The number of hydrogen-bond donors (Lipinski definition) is 5. The molecule has 156 valence electrons. The van der Waals surface area contributed by atoms with E-state index in [0.717, 1.165) is 0 Å². The molecule has 0 spiro atoms. The van der Waals surface area contributed by atoms with Crippen molar-refractivity contribution < 1.29 is 39.5 Å². The zero-order chi connectivity index (χ0) is 21.6. The maximum Gasteiger partial charge on any atom is 0.320 e. The fourth-order valence-corrected chi connectivity index (χ4v) is 2.60. The number of allylic oxidation sites excluding steroid dienone is 2. The summed E-state index contributed by atoms with van der Waals surface area (Å²) in [5.41, 5.74) is 5.58. The minimum atomic E-state index is -1.16. The number of rotatable bonds is 9. The van der Waals surface area contributed by atoms with E-state index in [0.29, 0.717) is 0 Å². The molecule has 1 aromatic rings. The fourth-order valence-electron chi connectivity index (χ4n) is 2.60. The number of carboxylic acid groups (broad SMARTS) is 1. The Morgan fingerprint density at radius 3 is 2.62 bits per heavy atom. The van der Waals surface area contributed by atoms with Crippen LogP contribution in [-0.2, 0) is 9.53 Å². The summed E-state index contributed by atoms with van der Waals surface area (Å²) in [6, 6.07) is 3.12. The van der Waals surface area contributed by atoms with Crippen LogP contribution in [0.5, 0.6) is 11.5 Å². The largest absolute Gasteiger partial charge is 0.511 e. The number of carbonyl (C=O) groups is 2. The maximum absolute atomic E-state index is 12.3. The van der Waals surface area contributed by atoms with E-state index in [9.17, 15) is 24.9 Å². The van der Waals surface area contributed by atoms with E-state index < -0.39 is 29.8 Å². The van der Waals surface area contributed by atoms with E-state index in [1.807, 2.05) is 0 Å². The average molecular weight is 405 g/mol. The van der Waals surface area contributed by atoms with Gasteiger partial charge in [-0.05, 0) is 30.4 Å². The number of carboxylic acids is 1. The molecule has 1 aliphatic carbocycles. The van der Waals surface area contributed by atoms with Crippen molar-refractivity contribution in [2.45, 2.75) is 18.6 Å². The second kappa shape index (κ2) is 9.76. The Kier molecular flexibility index (Phi) is 7.40. The minimum absolute atomic E-state index is 0.00421. The number of ether oxygens (including phenoxy) is 2. The lowest BCUT2D eigenvalue weighted by atomic mass is 9.93. The number of phenols is 1. The number of phenolic OH excluding ortho intramolecular Hbond substituents is 1. The van der Waals surface area contributed by atoms with Crippen LogP contribution in [0.1, 0.15) is 16.8 Å². The molecule has 1 aromatic carbocycles. The van der Waals surface area contributed by atoms with Crippen LogP contribution >= 0.6 is 0 Å². The molecule has 3 unspecified atom stereocenters. The number of aliphatic carboxylic acids is 1. The Balaban J connectivity index is 1.99. The van der Waals surface area contributed by atoms with Crippen LogP contribution in [0.25, 0.3) is 0 Å². The number of hydrogen-bond acceptors (Lipinski definition) is 8. The van der Waals surface area contributed by atoms with Crippen molar-refractivity contribution in [3.63, 3.8) is 0 Å². The molecule has 0 saturated carbocycles. The molecule has 1 aliphatic rings. The summed E-state index contributed by atoms with van der Waals surface area (Å²) in [5, 5.41) is 38.8. The van der Waals surface area contributed by atoms with Gasteiger partial charge in [-0.25, -0.2) is 0 Å². The molecular formula is C20H23NO8. The number of aliphatic hydroxyl groups is 2. The standard InChI is InChI=1S/C20H23NO8/c1-28-19-5-2-11(8-18(19)25)15(22)4-3-13-16(23)9-12(10-17(13)24)29-7-6-14(21)20(26)27/h2-5,8-10,13-14,16,23-25H,6-7,21H2,1H3,(H,26,27). The SMILES string of the molecule is COc1ccc(C(=O)C=CC2C(O)=CC(OCCC(N)C(=O)O)=CC2O)cc1O. The molecule has 0 radical (unpaired) electrons. The van der Waals surface area contributed by atoms with Crippen LogP contribution in [-0.4, -0.2) is 58.0 Å². The molecule has 0 aliphatic heterocycles. The van der Waals surface area contributed by atoms with Crippen molar-refractivity contribution in [3.8, 4) is 11.5 Å². The van der Waals surface area contributed by atoms with Gasteiger partial charge in [-0.2, -0.15) is 0 Å². The lowest BCUT2D eigenvalue weighted by Gasteiger charge is -2.22. The summed E-state index contributed by atoms with van der Waals surface area (Å²) in [6.07, 6.45) is 4.04. The number of aliphatic hydroxyl groups excluding tert-OH is 2. The van der Waals surface area contributed by atoms with E-state index in [-0.39, 0.29) is 41.6 Å². The highest BCUT2D eigenvalue weighted by Crippen LogP contribution is 2.27. The van der Waals surface area contributed by atoms with E-state index in [2.05, 4.69) is 0 Å². The van der Waals surface area contributed by atoms with Gasteiger partial charge in [0.25, 0.3) is 0 Å². The predicted molar refractivity (Wildman–Crippen MR) is 103 cm³/mol. The van der Waals surface area contributed by atoms with E-state index in [4.69, 9.17) is 20.3 Å². The first-order valence-electron chi connectivity index (χ1n) is 8.74. The number of benzene rings is 1. The van der Waals surface area contributed by atoms with Gasteiger partial charge in [-0.1, -0.05) is 6.08 Å². The quantitative estimate of drug-likeness (QED) is 0.301. The first kappa shape index (κ1) is 22.0. The van der Waals surface area contributed by atoms with Gasteiger partial charge in [0, 0.05) is 18.1 Å². The number of methoxy groups -OCH3 is 1. The van der Waals surface area contributed by atoms with E-state index in [1.165, 1.54) is 49.6 Å². The van der Waals surface area contributed by atoms with Gasteiger partial charge in [0.15, 0.2) is 17.3 Å². The van der Waals surface area contributed by atoms with Gasteiger partial charge in [0.2, 0.25) is 0 Å². The average Bonchev–Trinajstić information content (AvgIpc) is 2.66. The van der Waals surface area contributed by atoms with Crippen LogP contribution in [0.3, 0.4) is 0 Å². The highest BCUT2D eigenvalue weighted by atomic mass is 16.5. The summed E-state index contributed by atoms with van der Waals surface area (Å²) < 4.78 is 10.2. The zero-order valence-electron chi connectivity index (χ0n) is 15.7. The normalized spacial score (nSPS) is 20.0. The summed E-state index contributed by atoms with van der Waals surface area (Å²) >= 11 is 0. The smallest absolute Gasteiger partial charge is 0.320 e. The molecule has 0 bridgehead atoms. The van der Waals surface area contributed by atoms with Crippen LogP contribution in [0.2, 0.25) is 0 Å². The van der Waals surface area contributed by atoms with Crippen LogP contribution in [0.15, 0.2) is 54.0 Å². The molecule has 3 atom stereocenters. The summed E-state index contributed by atoms with van der Waals surface area (Å²) in [6.45, 7) is -0.00421. The number of carbonyl (C=O) groups excluding carboxylic acids is 1. The number of ketones is 1. The van der Waals surface area contributed by atoms with Crippen molar-refractivity contribution in [2.24, 2.45) is 11.7 Å². The monoisotopic (exact) mass is 405 g/mol. The first-order valence-corrected chi connectivity index (χ1v) is 8.74. The molecule has 6 N–H and O–H groups in total. The van der Waals surface area contributed by atoms with Crippen molar-refractivity contribution in [3.05, 3.63) is 59.6 Å². The van der Waals surface area contributed by atoms with Crippen LogP contribution < -0.4 is 10.5 Å². The van der Waals surface area contributed by atoms with E-state index >= 15 is 0 Å². The number of aromatic hydroxyl groups is 1. The maximum atomic E-state index is 12.3. The van der Waals surface area contributed by atoms with Gasteiger partial charge < -0.3 is 35.6 Å². The second-order valence-corrected chi connectivity index (χ2v) is 6.35. The van der Waals surface area contributed by atoms with Gasteiger partial charge in [-0.15, -0.1) is 0 Å². The summed E-state index contributed by atoms with van der Waals surface area (Å²) in [4.78, 5) is 22.9. The van der Waals surface area contributed by atoms with Gasteiger partial charge in [-0.3, -0.25) is 9.59 Å². The molecule has 0 aromatic heterocycles. The van der Waals surface area contributed by atoms with Crippen molar-refractivity contribution >= 4 is 11.8 Å². The first-order chi connectivity index (χ1) is 13.7. The Labute approximate surface area is 167 Å². The van der Waals surface area contributed by atoms with Gasteiger partial charge in [0.05, 0.1) is 25.7 Å². The Hall–Kier alpha value is -3.30. The third-order valence-corrected chi connectivity index (χ3v) is 4.27. The summed E-state index contributed by atoms with van der Waals surface area (Å²) in [7, 11) is 1.39. The second-order valence-electron chi connectivity index (χ2n) is 6.35. The molecular weight excluding hydrogens is 382 g/mol. The lowest BCUT2D eigenvalue weighted by molar-refractivity contribution is -0.138. The topological polar surface area (TPSA) is 160 Å². The number of nitrogens with two attached hydrogens (primary N) is 1. The van der Waals surface area contributed by atoms with Gasteiger partial charge in [0.1, 0.15) is 17.6 Å². The molecule has 2 rings (SSSR count). The predicted octanol–water partition coefficient (Wildman–Crippen LogP) is 1.27. The molecule has 0 amide bonds. The van der Waals surface area contributed by atoms with Crippen molar-refractivity contribution in [2.75, 3.05) is 13.7 Å². The zero-order valence-corrected chi connectivity index (χ0v) is 15.7. The highest BCUT2D eigenvalue weighted by Gasteiger charge is 2.25. The molecule has 9 heteroatoms. The molecule has 29 heavy (non-hydrogen) atoms. The van der Waals surface area contributed by atoms with Crippen LogP contribution in [0.4, 0.5) is 0 Å². The molecule has 0 saturated heterocycles. The molecule has 9 nitrogen and oxygen atoms in total. The van der Waals surface area contributed by atoms with Crippen molar-refractivity contribution in [1.29, 1.82) is 0 Å². The highest BCUT2D eigenvalue weighted by molar-refractivity contribution is 6.04. The molecule has 0 heterocycles.